The van der Waals surface area contributed by atoms with E-state index in [2.05, 4.69) is 4.72 Å². The van der Waals surface area contributed by atoms with Crippen molar-refractivity contribution in [2.24, 2.45) is 0 Å². The summed E-state index contributed by atoms with van der Waals surface area (Å²) in [6.07, 6.45) is 0. The molecule has 0 saturated heterocycles. The van der Waals surface area contributed by atoms with E-state index in [1.165, 1.54) is 18.2 Å². The number of benzene rings is 1. The molecule has 0 amide bonds. The number of halogens is 2. The molecule has 11 heteroatoms. The van der Waals surface area contributed by atoms with Crippen molar-refractivity contribution in [3.8, 4) is 0 Å². The van der Waals surface area contributed by atoms with Gasteiger partial charge >= 0.3 is 5.69 Å². The zero-order valence-electron chi connectivity index (χ0n) is 10.0. The van der Waals surface area contributed by atoms with Crippen molar-refractivity contribution < 1.29 is 13.3 Å². The highest BCUT2D eigenvalue weighted by Gasteiger charge is 2.25. The second kappa shape index (κ2) is 5.68. The molecule has 0 bridgehead atoms. The molecule has 112 valence electrons. The van der Waals surface area contributed by atoms with Crippen LogP contribution in [-0.4, -0.2) is 13.3 Å². The van der Waals surface area contributed by atoms with Crippen molar-refractivity contribution in [2.75, 3.05) is 10.5 Å². The lowest BCUT2D eigenvalue weighted by molar-refractivity contribution is -0.383. The van der Waals surface area contributed by atoms with Crippen LogP contribution in [-0.2, 0) is 10.0 Å². The zero-order chi connectivity index (χ0) is 15.8. The summed E-state index contributed by atoms with van der Waals surface area (Å²) in [6.45, 7) is 0. The number of sulfonamides is 1. The maximum Gasteiger partial charge on any atom is 0.304 e. The van der Waals surface area contributed by atoms with Gasteiger partial charge in [-0.15, -0.1) is 0 Å². The molecule has 0 unspecified atom stereocenters. The Balaban J connectivity index is 2.36. The van der Waals surface area contributed by atoms with Crippen LogP contribution in [0.25, 0.3) is 0 Å². The first-order valence-electron chi connectivity index (χ1n) is 5.22. The van der Waals surface area contributed by atoms with Gasteiger partial charge in [-0.05, 0) is 18.2 Å². The lowest BCUT2D eigenvalue weighted by atomic mass is 10.3. The topological polar surface area (TPSA) is 115 Å². The highest BCUT2D eigenvalue weighted by atomic mass is 35.5. The number of nitro groups is 1. The van der Waals surface area contributed by atoms with Gasteiger partial charge < -0.3 is 5.73 Å². The van der Waals surface area contributed by atoms with Gasteiger partial charge in [0, 0.05) is 6.07 Å². The minimum absolute atomic E-state index is 0.175. The van der Waals surface area contributed by atoms with Crippen LogP contribution >= 0.6 is 34.5 Å². The first-order valence-corrected chi connectivity index (χ1v) is 8.28. The number of hydrogen-bond acceptors (Lipinski definition) is 6. The molecule has 21 heavy (non-hydrogen) atoms. The number of nitrogens with zero attached hydrogens (tertiary/aromatic N) is 1. The summed E-state index contributed by atoms with van der Waals surface area (Å²) < 4.78 is 26.2. The number of hydrogen-bond donors (Lipinski definition) is 2. The molecule has 0 fully saturated rings. The summed E-state index contributed by atoms with van der Waals surface area (Å²) in [6, 6.07) is 5.07. The SMILES string of the molecule is Nc1sc(S(=O)(=O)Nc2ccc(Cl)c(Cl)c2)cc1[N+](=O)[O-]. The van der Waals surface area contributed by atoms with Crippen molar-refractivity contribution in [1.29, 1.82) is 0 Å². The van der Waals surface area contributed by atoms with E-state index in [0.29, 0.717) is 11.3 Å². The van der Waals surface area contributed by atoms with Gasteiger partial charge in [-0.1, -0.05) is 34.5 Å². The fraction of sp³-hybridized carbons (Fsp3) is 0. The van der Waals surface area contributed by atoms with Crippen LogP contribution in [0.4, 0.5) is 16.4 Å². The Morgan fingerprint density at radius 2 is 1.90 bits per heavy atom. The molecule has 1 heterocycles. The summed E-state index contributed by atoms with van der Waals surface area (Å²) in [5, 5.41) is 11.0. The molecule has 0 aliphatic carbocycles. The molecule has 7 nitrogen and oxygen atoms in total. The van der Waals surface area contributed by atoms with Crippen LogP contribution < -0.4 is 10.5 Å². The number of nitrogens with one attached hydrogen (secondary N) is 1. The second-order valence-electron chi connectivity index (χ2n) is 3.81. The summed E-state index contributed by atoms with van der Waals surface area (Å²) in [5.41, 5.74) is 5.15. The van der Waals surface area contributed by atoms with Crippen LogP contribution in [0, 0.1) is 10.1 Å². The smallest absolute Gasteiger partial charge is 0.304 e. The first-order chi connectivity index (χ1) is 9.70. The number of rotatable bonds is 4. The predicted octanol–water partition coefficient (Wildman–Crippen LogP) is 3.35. The van der Waals surface area contributed by atoms with E-state index >= 15 is 0 Å². The van der Waals surface area contributed by atoms with E-state index in [1.54, 1.807) is 0 Å². The molecule has 3 N–H and O–H groups in total. The largest absolute Gasteiger partial charge is 0.385 e. The summed E-state index contributed by atoms with van der Waals surface area (Å²) in [5.74, 6) is 0. The van der Waals surface area contributed by atoms with Crippen molar-refractivity contribution >= 4 is 60.9 Å². The van der Waals surface area contributed by atoms with Gasteiger partial charge in [0.15, 0.2) is 5.00 Å². The van der Waals surface area contributed by atoms with Crippen LogP contribution in [0.1, 0.15) is 0 Å². The number of nitrogen functional groups attached to an aromatic ring is 1. The third-order valence-electron chi connectivity index (χ3n) is 2.35. The lowest BCUT2D eigenvalue weighted by Gasteiger charge is -2.06. The minimum Gasteiger partial charge on any atom is -0.385 e. The zero-order valence-corrected chi connectivity index (χ0v) is 13.2. The first kappa shape index (κ1) is 15.8. The van der Waals surface area contributed by atoms with Gasteiger partial charge in [0.25, 0.3) is 10.0 Å². The van der Waals surface area contributed by atoms with Gasteiger partial charge in [-0.3, -0.25) is 14.8 Å². The quantitative estimate of drug-likeness (QED) is 0.634. The van der Waals surface area contributed by atoms with E-state index in [-0.39, 0.29) is 24.9 Å². The fourth-order valence-corrected chi connectivity index (χ4v) is 3.97. The second-order valence-corrected chi connectivity index (χ2v) is 7.61. The molecule has 0 saturated carbocycles. The molecule has 0 atom stereocenters. The molecular formula is C10H7Cl2N3O4S2. The minimum atomic E-state index is -4.00. The van der Waals surface area contributed by atoms with Crippen LogP contribution in [0.15, 0.2) is 28.5 Å². The van der Waals surface area contributed by atoms with Crippen LogP contribution in [0.3, 0.4) is 0 Å². The Hall–Kier alpha value is -1.55. The summed E-state index contributed by atoms with van der Waals surface area (Å²) in [7, 11) is -4.00. The highest BCUT2D eigenvalue weighted by Crippen LogP contribution is 2.35. The average molecular weight is 368 g/mol. The van der Waals surface area contributed by atoms with Crippen LogP contribution in [0.5, 0.6) is 0 Å². The van der Waals surface area contributed by atoms with Gasteiger partial charge in [0.1, 0.15) is 4.21 Å². The van der Waals surface area contributed by atoms with Crippen molar-refractivity contribution in [2.45, 2.75) is 4.21 Å². The van der Waals surface area contributed by atoms with Crippen molar-refractivity contribution in [3.05, 3.63) is 44.4 Å². The van der Waals surface area contributed by atoms with Crippen LogP contribution in [0.2, 0.25) is 10.0 Å². The maximum atomic E-state index is 12.1. The Kier molecular flexibility index (Phi) is 4.28. The molecule has 0 aliphatic rings. The molecule has 2 aromatic rings. The third-order valence-corrected chi connectivity index (χ3v) is 5.90. The van der Waals surface area contributed by atoms with Gasteiger partial charge in [0.05, 0.1) is 20.7 Å². The average Bonchev–Trinajstić information content (AvgIpc) is 2.77. The molecule has 0 radical (unpaired) electrons. The summed E-state index contributed by atoms with van der Waals surface area (Å²) in [4.78, 5) is 9.94. The Bertz CT molecular complexity index is 820. The number of nitrogens with two attached hydrogens (primary N) is 1. The highest BCUT2D eigenvalue weighted by molar-refractivity contribution is 7.94. The monoisotopic (exact) mass is 367 g/mol. The summed E-state index contributed by atoms with van der Waals surface area (Å²) >= 11 is 12.1. The molecule has 1 aromatic carbocycles. The molecule has 1 aromatic heterocycles. The standard InChI is InChI=1S/C10H7Cl2N3O4S2/c11-6-2-1-5(3-7(6)12)14-21(18,19)9-4-8(15(16)17)10(13)20-9/h1-4,14H,13H2. The molecule has 0 spiro atoms. The van der Waals surface area contributed by atoms with Gasteiger partial charge in [-0.25, -0.2) is 8.42 Å². The Morgan fingerprint density at radius 3 is 2.43 bits per heavy atom. The lowest BCUT2D eigenvalue weighted by Crippen LogP contribution is -2.11. The molecule has 2 rings (SSSR count). The van der Waals surface area contributed by atoms with Crippen molar-refractivity contribution in [3.63, 3.8) is 0 Å². The predicted molar refractivity (Wildman–Crippen MR) is 82.7 cm³/mol. The van der Waals surface area contributed by atoms with E-state index in [0.717, 1.165) is 6.07 Å². The van der Waals surface area contributed by atoms with E-state index in [1.807, 2.05) is 0 Å². The van der Waals surface area contributed by atoms with Gasteiger partial charge in [-0.2, -0.15) is 0 Å². The van der Waals surface area contributed by atoms with Gasteiger partial charge in [0.2, 0.25) is 0 Å². The van der Waals surface area contributed by atoms with Crippen molar-refractivity contribution in [1.82, 2.24) is 0 Å². The number of thiophene rings is 1. The maximum absolute atomic E-state index is 12.1. The Labute approximate surface area is 133 Å². The van der Waals surface area contributed by atoms with E-state index in [9.17, 15) is 18.5 Å². The molecular weight excluding hydrogens is 361 g/mol. The molecule has 0 aliphatic heterocycles. The fourth-order valence-electron chi connectivity index (χ4n) is 1.41. The van der Waals surface area contributed by atoms with E-state index < -0.39 is 20.6 Å². The Morgan fingerprint density at radius 1 is 1.24 bits per heavy atom. The number of anilines is 2. The normalized spacial score (nSPS) is 11.3. The third kappa shape index (κ3) is 3.38. The van der Waals surface area contributed by atoms with E-state index in [4.69, 9.17) is 28.9 Å².